The first kappa shape index (κ1) is 13.5. The van der Waals surface area contributed by atoms with Crippen LogP contribution < -0.4 is 0 Å². The fourth-order valence-electron chi connectivity index (χ4n) is 2.14. The van der Waals surface area contributed by atoms with Crippen LogP contribution in [0.2, 0.25) is 0 Å². The fourth-order valence-corrected chi connectivity index (χ4v) is 3.69. The zero-order valence-electron chi connectivity index (χ0n) is 10.6. The maximum atomic E-state index is 10.5. The highest BCUT2D eigenvalue weighted by molar-refractivity contribution is 9.10. The zero-order valence-corrected chi connectivity index (χ0v) is 13.0. The van der Waals surface area contributed by atoms with Gasteiger partial charge in [-0.15, -0.1) is 11.3 Å². The summed E-state index contributed by atoms with van der Waals surface area (Å²) >= 11 is 5.14. The zero-order chi connectivity index (χ0) is 13.9. The summed E-state index contributed by atoms with van der Waals surface area (Å²) < 4.78 is 1.05. The van der Waals surface area contributed by atoms with Crippen LogP contribution >= 0.6 is 27.3 Å². The Kier molecular flexibility index (Phi) is 4.00. The van der Waals surface area contributed by atoms with Crippen LogP contribution in [-0.4, -0.2) is 15.3 Å². The Hall–Kier alpha value is -1.43. The van der Waals surface area contributed by atoms with Gasteiger partial charge in [0.25, 0.3) is 0 Å². The van der Waals surface area contributed by atoms with Crippen LogP contribution in [-0.2, 0) is 6.42 Å². The highest BCUT2D eigenvalue weighted by atomic mass is 79.9. The van der Waals surface area contributed by atoms with Crippen molar-refractivity contribution in [2.75, 3.05) is 0 Å². The van der Waals surface area contributed by atoms with Gasteiger partial charge in [-0.3, -0.25) is 5.10 Å². The third kappa shape index (κ3) is 2.70. The first-order valence-corrected chi connectivity index (χ1v) is 7.91. The molecular weight excluding hydrogens is 336 g/mol. The summed E-state index contributed by atoms with van der Waals surface area (Å²) in [5.74, 6) is 0. The maximum Gasteiger partial charge on any atom is 0.0875 e. The second-order valence-corrected chi connectivity index (χ2v) is 6.33. The molecule has 1 unspecified atom stereocenters. The van der Waals surface area contributed by atoms with Crippen LogP contribution in [0.5, 0.6) is 0 Å². The normalized spacial score (nSPS) is 12.5. The van der Waals surface area contributed by atoms with Crippen LogP contribution in [0.4, 0.5) is 0 Å². The molecule has 3 rings (SSSR count). The first-order valence-electron chi connectivity index (χ1n) is 6.24. The monoisotopic (exact) mass is 348 g/mol. The molecule has 3 nitrogen and oxygen atoms in total. The minimum Gasteiger partial charge on any atom is -0.388 e. The number of nitrogens with one attached hydrogen (secondary N) is 1. The Balaban J connectivity index is 1.88. The van der Waals surface area contributed by atoms with E-state index in [9.17, 15) is 5.11 Å². The van der Waals surface area contributed by atoms with Gasteiger partial charge in [0.15, 0.2) is 0 Å². The summed E-state index contributed by atoms with van der Waals surface area (Å²) in [5, 5.41) is 19.5. The third-order valence-electron chi connectivity index (χ3n) is 3.16. The molecule has 0 amide bonds. The van der Waals surface area contributed by atoms with Gasteiger partial charge in [-0.1, -0.05) is 30.3 Å². The van der Waals surface area contributed by atoms with Gasteiger partial charge in [-0.05, 0) is 32.9 Å². The largest absolute Gasteiger partial charge is 0.388 e. The summed E-state index contributed by atoms with van der Waals surface area (Å²) in [6.07, 6.45) is 1.71. The SMILES string of the molecule is OC(Cc1sccc1Br)c1cn[nH]c1-c1ccccc1. The molecule has 0 aliphatic carbocycles. The Morgan fingerprint density at radius 2 is 2.05 bits per heavy atom. The molecule has 2 aromatic heterocycles. The third-order valence-corrected chi connectivity index (χ3v) is 5.11. The predicted octanol–water partition coefficient (Wildman–Crippen LogP) is 4.18. The van der Waals surface area contributed by atoms with Gasteiger partial charge in [0.2, 0.25) is 0 Å². The lowest BCUT2D eigenvalue weighted by Gasteiger charge is -2.10. The minimum atomic E-state index is -0.570. The summed E-state index contributed by atoms with van der Waals surface area (Å²) in [7, 11) is 0. The van der Waals surface area contributed by atoms with E-state index >= 15 is 0 Å². The molecule has 102 valence electrons. The number of aromatic amines is 1. The van der Waals surface area contributed by atoms with Crippen LogP contribution in [0.15, 0.2) is 52.4 Å². The van der Waals surface area contributed by atoms with Gasteiger partial charge in [-0.2, -0.15) is 5.10 Å². The maximum absolute atomic E-state index is 10.5. The molecule has 0 saturated heterocycles. The molecular formula is C15H13BrN2OS. The van der Waals surface area contributed by atoms with E-state index in [2.05, 4.69) is 26.1 Å². The standard InChI is InChI=1S/C15H13BrN2OS/c16-12-6-7-20-14(12)8-13(19)11-9-17-18-15(11)10-4-2-1-3-5-10/h1-7,9,13,19H,8H2,(H,17,18). The quantitative estimate of drug-likeness (QED) is 0.743. The molecule has 0 saturated carbocycles. The van der Waals surface area contributed by atoms with E-state index in [1.54, 1.807) is 17.5 Å². The van der Waals surface area contributed by atoms with E-state index < -0.39 is 6.10 Å². The van der Waals surface area contributed by atoms with Crippen molar-refractivity contribution in [1.82, 2.24) is 10.2 Å². The molecule has 5 heteroatoms. The number of aliphatic hydroxyl groups is 1. The number of H-pyrrole nitrogens is 1. The smallest absolute Gasteiger partial charge is 0.0875 e. The van der Waals surface area contributed by atoms with Crippen LogP contribution in [0.1, 0.15) is 16.5 Å². The molecule has 0 radical (unpaired) electrons. The molecule has 0 bridgehead atoms. The van der Waals surface area contributed by atoms with Crippen molar-refractivity contribution in [2.24, 2.45) is 0 Å². The first-order chi connectivity index (χ1) is 9.75. The Bertz CT molecular complexity index is 693. The number of hydrogen-bond acceptors (Lipinski definition) is 3. The minimum absolute atomic E-state index is 0.570. The number of aliphatic hydroxyl groups excluding tert-OH is 1. The molecule has 1 aromatic carbocycles. The van der Waals surface area contributed by atoms with Crippen molar-refractivity contribution in [3.8, 4) is 11.3 Å². The summed E-state index contributed by atoms with van der Waals surface area (Å²) in [4.78, 5) is 1.14. The lowest BCUT2D eigenvalue weighted by atomic mass is 10.0. The average Bonchev–Trinajstić information content (AvgIpc) is 3.09. The number of benzene rings is 1. The Morgan fingerprint density at radius 1 is 1.25 bits per heavy atom. The van der Waals surface area contributed by atoms with Gasteiger partial charge in [0, 0.05) is 21.3 Å². The van der Waals surface area contributed by atoms with E-state index in [1.807, 2.05) is 41.8 Å². The number of aromatic nitrogens is 2. The van der Waals surface area contributed by atoms with Gasteiger partial charge < -0.3 is 5.11 Å². The molecule has 1 atom stereocenters. The molecule has 2 heterocycles. The predicted molar refractivity (Wildman–Crippen MR) is 84.7 cm³/mol. The number of hydrogen-bond donors (Lipinski definition) is 2. The number of thiophene rings is 1. The van der Waals surface area contributed by atoms with Crippen molar-refractivity contribution in [3.63, 3.8) is 0 Å². The van der Waals surface area contributed by atoms with Crippen molar-refractivity contribution in [3.05, 3.63) is 62.9 Å². The van der Waals surface area contributed by atoms with Crippen LogP contribution in [0, 0.1) is 0 Å². The summed E-state index contributed by atoms with van der Waals surface area (Å²) in [6.45, 7) is 0. The van der Waals surface area contributed by atoms with Crippen molar-refractivity contribution in [2.45, 2.75) is 12.5 Å². The van der Waals surface area contributed by atoms with E-state index in [1.165, 1.54) is 0 Å². The fraction of sp³-hybridized carbons (Fsp3) is 0.133. The lowest BCUT2D eigenvalue weighted by Crippen LogP contribution is -2.01. The lowest BCUT2D eigenvalue weighted by molar-refractivity contribution is 0.180. The second kappa shape index (κ2) is 5.91. The van der Waals surface area contributed by atoms with Gasteiger partial charge in [0.05, 0.1) is 18.0 Å². The molecule has 3 aromatic rings. The molecule has 20 heavy (non-hydrogen) atoms. The molecule has 2 N–H and O–H groups in total. The van der Waals surface area contributed by atoms with Crippen LogP contribution in [0.25, 0.3) is 11.3 Å². The average molecular weight is 349 g/mol. The van der Waals surface area contributed by atoms with Crippen molar-refractivity contribution < 1.29 is 5.11 Å². The summed E-state index contributed by atoms with van der Waals surface area (Å²) in [6, 6.07) is 11.9. The number of nitrogens with zero attached hydrogens (tertiary/aromatic N) is 1. The van der Waals surface area contributed by atoms with Crippen molar-refractivity contribution in [1.29, 1.82) is 0 Å². The Morgan fingerprint density at radius 3 is 2.75 bits per heavy atom. The summed E-state index contributed by atoms with van der Waals surface area (Å²) in [5.41, 5.74) is 2.74. The molecule has 0 aliphatic rings. The highest BCUT2D eigenvalue weighted by Crippen LogP contribution is 2.31. The van der Waals surface area contributed by atoms with E-state index in [0.29, 0.717) is 6.42 Å². The van der Waals surface area contributed by atoms with E-state index in [4.69, 9.17) is 0 Å². The molecule has 0 fully saturated rings. The van der Waals surface area contributed by atoms with Crippen molar-refractivity contribution >= 4 is 27.3 Å². The molecule has 0 spiro atoms. The van der Waals surface area contributed by atoms with E-state index in [-0.39, 0.29) is 0 Å². The number of halogens is 1. The molecule has 0 aliphatic heterocycles. The second-order valence-electron chi connectivity index (χ2n) is 4.48. The van der Waals surface area contributed by atoms with Gasteiger partial charge in [-0.25, -0.2) is 0 Å². The van der Waals surface area contributed by atoms with E-state index in [0.717, 1.165) is 26.2 Å². The van der Waals surface area contributed by atoms with Gasteiger partial charge >= 0.3 is 0 Å². The van der Waals surface area contributed by atoms with Gasteiger partial charge in [0.1, 0.15) is 0 Å². The topological polar surface area (TPSA) is 48.9 Å². The Labute approximate surface area is 129 Å². The number of rotatable bonds is 4. The van der Waals surface area contributed by atoms with Crippen LogP contribution in [0.3, 0.4) is 0 Å². The highest BCUT2D eigenvalue weighted by Gasteiger charge is 2.17.